The molecule has 0 radical (unpaired) electrons. The van der Waals surface area contributed by atoms with E-state index in [1.807, 2.05) is 24.3 Å². The van der Waals surface area contributed by atoms with Gasteiger partial charge in [-0.05, 0) is 55.6 Å². The molecule has 3 aliphatic carbocycles. The third-order valence-electron chi connectivity index (χ3n) is 9.59. The molecule has 220 valence electrons. The van der Waals surface area contributed by atoms with E-state index in [1.165, 1.54) is 6.42 Å². The molecule has 5 rings (SSSR count). The van der Waals surface area contributed by atoms with Gasteiger partial charge in [0.05, 0.1) is 24.7 Å². The molecule has 8 heteroatoms. The first kappa shape index (κ1) is 29.1. The maximum Gasteiger partial charge on any atom is 0.249 e. The minimum Gasteiger partial charge on any atom is -0.486 e. The first-order valence-corrected chi connectivity index (χ1v) is 15.3. The average Bonchev–Trinajstić information content (AvgIpc) is 3.61. The van der Waals surface area contributed by atoms with Crippen LogP contribution in [0, 0.1) is 17.8 Å². The van der Waals surface area contributed by atoms with Gasteiger partial charge in [-0.1, -0.05) is 58.2 Å². The van der Waals surface area contributed by atoms with E-state index < -0.39 is 24.2 Å². The highest BCUT2D eigenvalue weighted by atomic mass is 16.5. The van der Waals surface area contributed by atoms with Crippen LogP contribution >= 0.6 is 0 Å². The molecule has 7 atom stereocenters. The molecule has 1 heterocycles. The third kappa shape index (κ3) is 5.81. The number of benzene rings is 1. The largest absolute Gasteiger partial charge is 0.486 e. The van der Waals surface area contributed by atoms with Crippen LogP contribution in [0.4, 0.5) is 0 Å². The summed E-state index contributed by atoms with van der Waals surface area (Å²) in [5, 5.41) is 23.9. The van der Waals surface area contributed by atoms with Gasteiger partial charge in [0, 0.05) is 23.7 Å². The zero-order chi connectivity index (χ0) is 28.4. The van der Waals surface area contributed by atoms with E-state index in [0.717, 1.165) is 44.1 Å². The Morgan fingerprint density at radius 2 is 1.90 bits per heavy atom. The lowest BCUT2D eigenvalue weighted by Crippen LogP contribution is -2.58. The fraction of sp³-hybridized carbons (Fsp3) is 0.688. The highest BCUT2D eigenvalue weighted by Crippen LogP contribution is 2.47. The lowest BCUT2D eigenvalue weighted by atomic mass is 9.75. The summed E-state index contributed by atoms with van der Waals surface area (Å²) in [7, 11) is 0. The Morgan fingerprint density at radius 3 is 2.62 bits per heavy atom. The SMILES string of the molecule is CC1CCC(C(C)C)C(OCC(=O)N(C2CCCC2)C2C=C(C(=O)NCCO)C3c4ccccc4OC3C2O)C1. The topological polar surface area (TPSA) is 108 Å². The van der Waals surface area contributed by atoms with Crippen molar-refractivity contribution in [3.05, 3.63) is 41.5 Å². The fourth-order valence-electron chi connectivity index (χ4n) is 7.52. The van der Waals surface area contributed by atoms with Crippen molar-refractivity contribution in [3.8, 4) is 5.75 Å². The zero-order valence-electron chi connectivity index (χ0n) is 24.1. The first-order valence-electron chi connectivity index (χ1n) is 15.3. The number of hydrogen-bond donors (Lipinski definition) is 3. The van der Waals surface area contributed by atoms with E-state index >= 15 is 0 Å². The van der Waals surface area contributed by atoms with Crippen LogP contribution in [0.15, 0.2) is 35.9 Å². The van der Waals surface area contributed by atoms with Gasteiger partial charge in [-0.3, -0.25) is 9.59 Å². The number of aliphatic hydroxyl groups excluding tert-OH is 2. The Balaban J connectivity index is 1.44. The molecular formula is C32H46N2O6. The van der Waals surface area contributed by atoms with Gasteiger partial charge in [0.2, 0.25) is 11.8 Å². The van der Waals surface area contributed by atoms with E-state index in [-0.39, 0.29) is 43.7 Å². The zero-order valence-corrected chi connectivity index (χ0v) is 24.1. The molecule has 0 spiro atoms. The van der Waals surface area contributed by atoms with Gasteiger partial charge in [0.15, 0.2) is 0 Å². The number of nitrogens with zero attached hydrogens (tertiary/aromatic N) is 1. The van der Waals surface area contributed by atoms with E-state index in [4.69, 9.17) is 9.47 Å². The lowest BCUT2D eigenvalue weighted by molar-refractivity contribution is -0.150. The van der Waals surface area contributed by atoms with Crippen LogP contribution in [0.5, 0.6) is 5.75 Å². The summed E-state index contributed by atoms with van der Waals surface area (Å²) in [6.45, 7) is 6.63. The Morgan fingerprint density at radius 1 is 1.15 bits per heavy atom. The molecule has 1 aromatic rings. The van der Waals surface area contributed by atoms with E-state index in [2.05, 4.69) is 26.1 Å². The molecule has 7 unspecified atom stereocenters. The van der Waals surface area contributed by atoms with Crippen molar-refractivity contribution >= 4 is 11.8 Å². The summed E-state index contributed by atoms with van der Waals surface area (Å²) in [5.41, 5.74) is 1.32. The van der Waals surface area contributed by atoms with Crippen molar-refractivity contribution in [2.24, 2.45) is 17.8 Å². The van der Waals surface area contributed by atoms with Crippen LogP contribution in [-0.2, 0) is 14.3 Å². The molecule has 8 nitrogen and oxygen atoms in total. The number of rotatable bonds is 9. The second-order valence-corrected chi connectivity index (χ2v) is 12.6. The summed E-state index contributed by atoms with van der Waals surface area (Å²) < 4.78 is 12.6. The minimum absolute atomic E-state index is 0.0275. The molecular weight excluding hydrogens is 508 g/mol. The van der Waals surface area contributed by atoms with E-state index in [0.29, 0.717) is 29.1 Å². The maximum atomic E-state index is 14.0. The van der Waals surface area contributed by atoms with Crippen molar-refractivity contribution in [2.45, 2.75) is 102 Å². The van der Waals surface area contributed by atoms with Gasteiger partial charge < -0.3 is 29.9 Å². The Bertz CT molecular complexity index is 1080. The van der Waals surface area contributed by atoms with Gasteiger partial charge in [0.25, 0.3) is 0 Å². The quantitative estimate of drug-likeness (QED) is 0.431. The predicted molar refractivity (Wildman–Crippen MR) is 152 cm³/mol. The summed E-state index contributed by atoms with van der Waals surface area (Å²) >= 11 is 0. The molecule has 2 amide bonds. The van der Waals surface area contributed by atoms with Gasteiger partial charge in [0.1, 0.15) is 24.6 Å². The second kappa shape index (κ2) is 12.6. The normalized spacial score (nSPS) is 31.8. The molecule has 1 aliphatic heterocycles. The third-order valence-corrected chi connectivity index (χ3v) is 9.59. The highest BCUT2D eigenvalue weighted by Gasteiger charge is 2.51. The van der Waals surface area contributed by atoms with Crippen molar-refractivity contribution < 1.29 is 29.3 Å². The summed E-state index contributed by atoms with van der Waals surface area (Å²) in [6.07, 6.45) is 7.15. The Labute approximate surface area is 238 Å². The molecule has 0 saturated heterocycles. The highest BCUT2D eigenvalue weighted by molar-refractivity contribution is 5.96. The number of ether oxygens (including phenoxy) is 2. The molecule has 2 saturated carbocycles. The maximum absolute atomic E-state index is 14.0. The molecule has 1 aromatic carbocycles. The number of fused-ring (bicyclic) bond motifs is 3. The number of carbonyl (C=O) groups is 2. The number of aliphatic hydroxyl groups is 2. The van der Waals surface area contributed by atoms with E-state index in [9.17, 15) is 19.8 Å². The molecule has 0 aromatic heterocycles. The fourth-order valence-corrected chi connectivity index (χ4v) is 7.52. The monoisotopic (exact) mass is 554 g/mol. The van der Waals surface area contributed by atoms with Crippen molar-refractivity contribution in [1.29, 1.82) is 0 Å². The number of carbonyl (C=O) groups excluding carboxylic acids is 2. The van der Waals surface area contributed by atoms with Crippen LogP contribution in [0.25, 0.3) is 0 Å². The smallest absolute Gasteiger partial charge is 0.249 e. The van der Waals surface area contributed by atoms with Crippen molar-refractivity contribution in [2.75, 3.05) is 19.8 Å². The molecule has 40 heavy (non-hydrogen) atoms. The molecule has 3 N–H and O–H groups in total. The molecule has 4 aliphatic rings. The molecule has 2 fully saturated rings. The number of amides is 2. The molecule has 0 bridgehead atoms. The van der Waals surface area contributed by atoms with E-state index in [1.54, 1.807) is 11.0 Å². The van der Waals surface area contributed by atoms with Gasteiger partial charge in [-0.25, -0.2) is 0 Å². The summed E-state index contributed by atoms with van der Waals surface area (Å²) in [5.74, 6) is 1.23. The Hall–Kier alpha value is -2.42. The van der Waals surface area contributed by atoms with Crippen LogP contribution in [0.2, 0.25) is 0 Å². The predicted octanol–water partition coefficient (Wildman–Crippen LogP) is 3.56. The number of nitrogens with one attached hydrogen (secondary N) is 1. The first-order chi connectivity index (χ1) is 19.3. The summed E-state index contributed by atoms with van der Waals surface area (Å²) in [6, 6.07) is 6.80. The van der Waals surface area contributed by atoms with Crippen LogP contribution in [0.1, 0.15) is 77.2 Å². The lowest BCUT2D eigenvalue weighted by Gasteiger charge is -2.43. The van der Waals surface area contributed by atoms with Crippen LogP contribution in [-0.4, -0.2) is 77.1 Å². The standard InChI is InChI=1S/C32H46N2O6/c1-19(2)22-13-12-20(3)16-27(22)39-18-28(36)34(21-8-4-5-9-21)25-17-24(32(38)33-14-15-35)29-23-10-6-7-11-26(23)40-31(29)30(25)37/h6-7,10-11,17,19-22,25,27,29-31,35,37H,4-5,8-9,12-16,18H2,1-3H3,(H,33,38). The van der Waals surface area contributed by atoms with Gasteiger partial charge >= 0.3 is 0 Å². The Kier molecular flexibility index (Phi) is 9.18. The van der Waals surface area contributed by atoms with Crippen molar-refractivity contribution in [3.63, 3.8) is 0 Å². The van der Waals surface area contributed by atoms with Gasteiger partial charge in [-0.15, -0.1) is 0 Å². The average molecular weight is 555 g/mol. The minimum atomic E-state index is -1.01. The van der Waals surface area contributed by atoms with Crippen molar-refractivity contribution in [1.82, 2.24) is 10.2 Å². The van der Waals surface area contributed by atoms with Crippen LogP contribution in [0.3, 0.4) is 0 Å². The number of para-hydroxylation sites is 1. The van der Waals surface area contributed by atoms with Crippen LogP contribution < -0.4 is 10.1 Å². The second-order valence-electron chi connectivity index (χ2n) is 12.6. The number of hydrogen-bond acceptors (Lipinski definition) is 6. The van der Waals surface area contributed by atoms with Gasteiger partial charge in [-0.2, -0.15) is 0 Å². The summed E-state index contributed by atoms with van der Waals surface area (Å²) in [4.78, 5) is 29.2.